The lowest BCUT2D eigenvalue weighted by molar-refractivity contribution is 0.612. The second-order valence-electron chi connectivity index (χ2n) is 5.34. The molecule has 2 N–H and O–H groups in total. The fourth-order valence-electron chi connectivity index (χ4n) is 2.24. The van der Waals surface area contributed by atoms with Crippen molar-refractivity contribution in [2.75, 3.05) is 10.6 Å². The van der Waals surface area contributed by atoms with Gasteiger partial charge in [-0.2, -0.15) is 4.98 Å². The van der Waals surface area contributed by atoms with E-state index < -0.39 is 0 Å². The number of nitrogens with zero attached hydrogens (tertiary/aromatic N) is 3. The van der Waals surface area contributed by atoms with Crippen molar-refractivity contribution >= 4 is 11.8 Å². The Labute approximate surface area is 140 Å². The molecule has 1 aromatic carbocycles. The predicted molar refractivity (Wildman–Crippen MR) is 92.1 cm³/mol. The Kier molecular flexibility index (Phi) is 4.96. The zero-order valence-corrected chi connectivity index (χ0v) is 13.3. The van der Waals surface area contributed by atoms with E-state index in [-0.39, 0.29) is 5.82 Å². The maximum absolute atomic E-state index is 13.7. The smallest absolute Gasteiger partial charge is 0.225 e. The monoisotopic (exact) mass is 323 g/mol. The standard InChI is InChI=1S/C18H18FN5/c1-13-10-17(21-12-15-7-4-5-9-20-15)24-18(23-13)22-11-14-6-2-3-8-16(14)19/h2-10H,11-12H2,1H3,(H2,21,22,23,24). The molecule has 0 bridgehead atoms. The number of hydrogen-bond acceptors (Lipinski definition) is 5. The Morgan fingerprint density at radius 1 is 0.958 bits per heavy atom. The number of halogens is 1. The molecule has 0 aliphatic heterocycles. The average Bonchev–Trinajstić information content (AvgIpc) is 2.60. The van der Waals surface area contributed by atoms with E-state index in [1.54, 1.807) is 24.4 Å². The fourth-order valence-corrected chi connectivity index (χ4v) is 2.24. The zero-order chi connectivity index (χ0) is 16.8. The molecule has 2 aromatic heterocycles. The molecule has 0 amide bonds. The molecule has 2 heterocycles. The summed E-state index contributed by atoms with van der Waals surface area (Å²) in [5.41, 5.74) is 2.32. The molecule has 24 heavy (non-hydrogen) atoms. The molecule has 0 radical (unpaired) electrons. The summed E-state index contributed by atoms with van der Waals surface area (Å²) in [5, 5.41) is 6.29. The van der Waals surface area contributed by atoms with Gasteiger partial charge in [-0.25, -0.2) is 9.37 Å². The van der Waals surface area contributed by atoms with Crippen molar-refractivity contribution in [2.24, 2.45) is 0 Å². The first-order chi connectivity index (χ1) is 11.7. The third-order valence-electron chi connectivity index (χ3n) is 3.43. The summed E-state index contributed by atoms with van der Waals surface area (Å²) in [5.74, 6) is 0.914. The van der Waals surface area contributed by atoms with Crippen molar-refractivity contribution in [1.29, 1.82) is 0 Å². The van der Waals surface area contributed by atoms with Crippen LogP contribution >= 0.6 is 0 Å². The van der Waals surface area contributed by atoms with Crippen LogP contribution in [0.1, 0.15) is 17.0 Å². The van der Waals surface area contributed by atoms with Gasteiger partial charge in [0.05, 0.1) is 12.2 Å². The van der Waals surface area contributed by atoms with Crippen LogP contribution in [0, 0.1) is 12.7 Å². The van der Waals surface area contributed by atoms with Gasteiger partial charge in [0.15, 0.2) is 0 Å². The highest BCUT2D eigenvalue weighted by molar-refractivity contribution is 5.42. The van der Waals surface area contributed by atoms with Crippen LogP contribution in [0.4, 0.5) is 16.2 Å². The van der Waals surface area contributed by atoms with E-state index in [2.05, 4.69) is 25.6 Å². The Hall–Kier alpha value is -3.02. The van der Waals surface area contributed by atoms with Gasteiger partial charge in [-0.3, -0.25) is 4.98 Å². The largest absolute Gasteiger partial charge is 0.364 e. The molecule has 3 aromatic rings. The second-order valence-corrected chi connectivity index (χ2v) is 5.34. The summed E-state index contributed by atoms with van der Waals surface area (Å²) in [4.78, 5) is 13.0. The summed E-state index contributed by atoms with van der Waals surface area (Å²) < 4.78 is 13.7. The van der Waals surface area contributed by atoms with E-state index in [9.17, 15) is 4.39 Å². The van der Waals surface area contributed by atoms with Crippen molar-refractivity contribution in [1.82, 2.24) is 15.0 Å². The van der Waals surface area contributed by atoms with E-state index >= 15 is 0 Å². The Morgan fingerprint density at radius 3 is 2.58 bits per heavy atom. The molecule has 0 saturated heterocycles. The van der Waals surface area contributed by atoms with Crippen LogP contribution in [0.2, 0.25) is 0 Å². The molecular weight excluding hydrogens is 305 g/mol. The number of nitrogens with one attached hydrogen (secondary N) is 2. The van der Waals surface area contributed by atoms with Crippen molar-refractivity contribution in [3.63, 3.8) is 0 Å². The molecule has 6 heteroatoms. The first-order valence-electron chi connectivity index (χ1n) is 7.67. The summed E-state index contributed by atoms with van der Waals surface area (Å²) >= 11 is 0. The summed E-state index contributed by atoms with van der Waals surface area (Å²) in [7, 11) is 0. The lowest BCUT2D eigenvalue weighted by atomic mass is 10.2. The van der Waals surface area contributed by atoms with E-state index in [4.69, 9.17) is 0 Å². The number of rotatable bonds is 6. The molecule has 0 aliphatic carbocycles. The van der Waals surface area contributed by atoms with E-state index in [0.29, 0.717) is 30.4 Å². The first-order valence-corrected chi connectivity index (χ1v) is 7.67. The predicted octanol–water partition coefficient (Wildman–Crippen LogP) is 3.54. The van der Waals surface area contributed by atoms with Gasteiger partial charge in [0.1, 0.15) is 11.6 Å². The summed E-state index contributed by atoms with van der Waals surface area (Å²) in [6.07, 6.45) is 1.75. The van der Waals surface area contributed by atoms with Crippen LogP contribution in [0.15, 0.2) is 54.7 Å². The third kappa shape index (κ3) is 4.25. The first kappa shape index (κ1) is 15.9. The summed E-state index contributed by atoms with van der Waals surface area (Å²) in [6.45, 7) is 2.79. The van der Waals surface area contributed by atoms with Crippen LogP contribution in [-0.4, -0.2) is 15.0 Å². The highest BCUT2D eigenvalue weighted by atomic mass is 19.1. The highest BCUT2D eigenvalue weighted by Gasteiger charge is 2.05. The number of hydrogen-bond donors (Lipinski definition) is 2. The fraction of sp³-hybridized carbons (Fsp3) is 0.167. The molecule has 0 spiro atoms. The molecule has 0 atom stereocenters. The molecule has 0 saturated carbocycles. The number of benzene rings is 1. The van der Waals surface area contributed by atoms with E-state index in [0.717, 1.165) is 11.4 Å². The maximum atomic E-state index is 13.7. The summed E-state index contributed by atoms with van der Waals surface area (Å²) in [6, 6.07) is 14.3. The Balaban J connectivity index is 1.66. The number of aromatic nitrogens is 3. The highest BCUT2D eigenvalue weighted by Crippen LogP contribution is 2.13. The molecular formula is C18H18FN5. The van der Waals surface area contributed by atoms with Crippen LogP contribution in [0.3, 0.4) is 0 Å². The van der Waals surface area contributed by atoms with E-state index in [1.165, 1.54) is 6.07 Å². The topological polar surface area (TPSA) is 62.7 Å². The van der Waals surface area contributed by atoms with Crippen molar-refractivity contribution in [3.05, 3.63) is 77.5 Å². The second kappa shape index (κ2) is 7.50. The SMILES string of the molecule is Cc1cc(NCc2ccccn2)nc(NCc2ccccc2F)n1. The van der Waals surface area contributed by atoms with E-state index in [1.807, 2.05) is 31.2 Å². The van der Waals surface area contributed by atoms with Gasteiger partial charge < -0.3 is 10.6 Å². The Morgan fingerprint density at radius 2 is 1.79 bits per heavy atom. The molecule has 0 fully saturated rings. The minimum Gasteiger partial charge on any atom is -0.364 e. The Bertz CT molecular complexity index is 808. The van der Waals surface area contributed by atoms with Gasteiger partial charge in [-0.1, -0.05) is 24.3 Å². The minimum absolute atomic E-state index is 0.244. The van der Waals surface area contributed by atoms with Crippen LogP contribution in [0.25, 0.3) is 0 Å². The zero-order valence-electron chi connectivity index (χ0n) is 13.3. The van der Waals surface area contributed by atoms with Crippen LogP contribution in [-0.2, 0) is 13.1 Å². The van der Waals surface area contributed by atoms with Crippen molar-refractivity contribution < 1.29 is 4.39 Å². The minimum atomic E-state index is -0.244. The van der Waals surface area contributed by atoms with Crippen molar-refractivity contribution in [3.8, 4) is 0 Å². The van der Waals surface area contributed by atoms with Gasteiger partial charge in [-0.15, -0.1) is 0 Å². The lowest BCUT2D eigenvalue weighted by Gasteiger charge is -2.10. The normalized spacial score (nSPS) is 10.4. The molecule has 122 valence electrons. The molecule has 0 aliphatic rings. The molecule has 0 unspecified atom stereocenters. The lowest BCUT2D eigenvalue weighted by Crippen LogP contribution is -2.09. The van der Waals surface area contributed by atoms with Gasteiger partial charge in [-0.05, 0) is 25.1 Å². The van der Waals surface area contributed by atoms with Crippen molar-refractivity contribution in [2.45, 2.75) is 20.0 Å². The third-order valence-corrected chi connectivity index (χ3v) is 3.43. The number of aryl methyl sites for hydroxylation is 1. The molecule has 3 rings (SSSR count). The van der Waals surface area contributed by atoms with Crippen LogP contribution < -0.4 is 10.6 Å². The quantitative estimate of drug-likeness (QED) is 0.726. The van der Waals surface area contributed by atoms with Gasteiger partial charge in [0.25, 0.3) is 0 Å². The van der Waals surface area contributed by atoms with Crippen LogP contribution in [0.5, 0.6) is 0 Å². The van der Waals surface area contributed by atoms with Gasteiger partial charge in [0.2, 0.25) is 5.95 Å². The number of pyridine rings is 1. The maximum Gasteiger partial charge on any atom is 0.225 e. The molecule has 5 nitrogen and oxygen atoms in total. The number of anilines is 2. The average molecular weight is 323 g/mol. The van der Waals surface area contributed by atoms with Gasteiger partial charge in [0, 0.05) is 30.1 Å². The van der Waals surface area contributed by atoms with Gasteiger partial charge >= 0.3 is 0 Å².